The van der Waals surface area contributed by atoms with Gasteiger partial charge in [0.2, 0.25) is 0 Å². The second-order valence-corrected chi connectivity index (χ2v) is 4.57. The first-order valence-corrected chi connectivity index (χ1v) is 5.58. The molecule has 2 unspecified atom stereocenters. The summed E-state index contributed by atoms with van der Waals surface area (Å²) < 4.78 is 5.29. The van der Waals surface area contributed by atoms with Crippen molar-refractivity contribution in [2.24, 2.45) is 5.73 Å². The second-order valence-electron chi connectivity index (χ2n) is 4.57. The first kappa shape index (κ1) is 12.3. The molecule has 0 spiro atoms. The molecular formula is C12H22N2O. The zero-order valence-electron chi connectivity index (χ0n) is 9.92. The van der Waals surface area contributed by atoms with Gasteiger partial charge in [-0.15, -0.1) is 0 Å². The Bertz CT molecular complexity index is 267. The Kier molecular flexibility index (Phi) is 4.36. The van der Waals surface area contributed by atoms with Gasteiger partial charge in [0.25, 0.3) is 0 Å². The van der Waals surface area contributed by atoms with Gasteiger partial charge in [0.1, 0.15) is 5.76 Å². The Morgan fingerprint density at radius 3 is 2.87 bits per heavy atom. The minimum absolute atomic E-state index is 0.114. The van der Waals surface area contributed by atoms with E-state index < -0.39 is 0 Å². The molecule has 0 aliphatic heterocycles. The number of furan rings is 1. The molecule has 1 aromatic heterocycles. The molecule has 3 heteroatoms. The van der Waals surface area contributed by atoms with E-state index in [1.807, 2.05) is 12.1 Å². The van der Waals surface area contributed by atoms with E-state index >= 15 is 0 Å². The van der Waals surface area contributed by atoms with E-state index in [-0.39, 0.29) is 5.54 Å². The topological polar surface area (TPSA) is 51.2 Å². The standard InChI is InChI=1S/C12H22N2O/c1-4-12(3,13)9-14-10(2)8-11-6-5-7-15-11/h5-7,10,14H,4,8-9,13H2,1-3H3. The van der Waals surface area contributed by atoms with Crippen molar-refractivity contribution in [2.45, 2.75) is 45.2 Å². The molecule has 0 bridgehead atoms. The van der Waals surface area contributed by atoms with Gasteiger partial charge in [0.05, 0.1) is 6.26 Å². The highest BCUT2D eigenvalue weighted by molar-refractivity contribution is 5.00. The van der Waals surface area contributed by atoms with Crippen LogP contribution in [0.3, 0.4) is 0 Å². The number of hydrogen-bond donors (Lipinski definition) is 2. The van der Waals surface area contributed by atoms with Crippen molar-refractivity contribution in [3.05, 3.63) is 24.2 Å². The smallest absolute Gasteiger partial charge is 0.105 e. The van der Waals surface area contributed by atoms with Crippen LogP contribution in [-0.4, -0.2) is 18.1 Å². The molecule has 1 heterocycles. The van der Waals surface area contributed by atoms with Gasteiger partial charge in [0.15, 0.2) is 0 Å². The Morgan fingerprint density at radius 2 is 2.33 bits per heavy atom. The molecule has 86 valence electrons. The number of rotatable bonds is 6. The first-order chi connectivity index (χ1) is 7.03. The molecule has 0 aliphatic carbocycles. The van der Waals surface area contributed by atoms with E-state index in [2.05, 4.69) is 26.1 Å². The Balaban J connectivity index is 2.28. The van der Waals surface area contributed by atoms with Gasteiger partial charge in [0, 0.05) is 24.5 Å². The molecule has 2 atom stereocenters. The molecule has 0 saturated heterocycles. The minimum Gasteiger partial charge on any atom is -0.469 e. The molecule has 15 heavy (non-hydrogen) atoms. The fraction of sp³-hybridized carbons (Fsp3) is 0.667. The number of nitrogens with one attached hydrogen (secondary N) is 1. The quantitative estimate of drug-likeness (QED) is 0.754. The van der Waals surface area contributed by atoms with Crippen LogP contribution in [0.5, 0.6) is 0 Å². The molecule has 0 radical (unpaired) electrons. The zero-order chi connectivity index (χ0) is 11.3. The van der Waals surface area contributed by atoms with Crippen molar-refractivity contribution in [1.82, 2.24) is 5.32 Å². The minimum atomic E-state index is -0.114. The molecule has 0 saturated carbocycles. The van der Waals surface area contributed by atoms with Crippen LogP contribution in [0.15, 0.2) is 22.8 Å². The predicted molar refractivity (Wildman–Crippen MR) is 62.8 cm³/mol. The maximum atomic E-state index is 6.05. The lowest BCUT2D eigenvalue weighted by molar-refractivity contribution is 0.378. The van der Waals surface area contributed by atoms with Crippen molar-refractivity contribution < 1.29 is 4.42 Å². The highest BCUT2D eigenvalue weighted by Crippen LogP contribution is 2.06. The van der Waals surface area contributed by atoms with E-state index in [4.69, 9.17) is 10.2 Å². The van der Waals surface area contributed by atoms with Crippen molar-refractivity contribution in [2.75, 3.05) is 6.54 Å². The van der Waals surface area contributed by atoms with Gasteiger partial charge in [-0.3, -0.25) is 0 Å². The van der Waals surface area contributed by atoms with Crippen LogP contribution in [0.1, 0.15) is 33.0 Å². The third-order valence-electron chi connectivity index (χ3n) is 2.75. The van der Waals surface area contributed by atoms with Crippen LogP contribution in [0.2, 0.25) is 0 Å². The highest BCUT2D eigenvalue weighted by Gasteiger charge is 2.16. The van der Waals surface area contributed by atoms with Crippen molar-refractivity contribution in [3.8, 4) is 0 Å². The molecule has 0 amide bonds. The average molecular weight is 210 g/mol. The largest absolute Gasteiger partial charge is 0.469 e. The molecular weight excluding hydrogens is 188 g/mol. The molecule has 3 nitrogen and oxygen atoms in total. The molecule has 1 rings (SSSR count). The summed E-state index contributed by atoms with van der Waals surface area (Å²) in [6.07, 6.45) is 3.60. The summed E-state index contributed by atoms with van der Waals surface area (Å²) in [5.41, 5.74) is 5.94. The summed E-state index contributed by atoms with van der Waals surface area (Å²) in [5, 5.41) is 3.43. The van der Waals surface area contributed by atoms with Gasteiger partial charge in [-0.2, -0.15) is 0 Å². The van der Waals surface area contributed by atoms with Crippen molar-refractivity contribution in [1.29, 1.82) is 0 Å². The Hall–Kier alpha value is -0.800. The lowest BCUT2D eigenvalue weighted by Crippen LogP contribution is -2.48. The van der Waals surface area contributed by atoms with Gasteiger partial charge in [-0.05, 0) is 32.4 Å². The third-order valence-corrected chi connectivity index (χ3v) is 2.75. The van der Waals surface area contributed by atoms with E-state index in [1.165, 1.54) is 0 Å². The van der Waals surface area contributed by atoms with Crippen LogP contribution >= 0.6 is 0 Å². The fourth-order valence-electron chi connectivity index (χ4n) is 1.34. The van der Waals surface area contributed by atoms with E-state index in [9.17, 15) is 0 Å². The third kappa shape index (κ3) is 4.49. The molecule has 0 fully saturated rings. The zero-order valence-corrected chi connectivity index (χ0v) is 9.92. The molecule has 1 aromatic rings. The van der Waals surface area contributed by atoms with Crippen LogP contribution < -0.4 is 11.1 Å². The maximum Gasteiger partial charge on any atom is 0.105 e. The lowest BCUT2D eigenvalue weighted by atomic mass is 10.00. The fourth-order valence-corrected chi connectivity index (χ4v) is 1.34. The van der Waals surface area contributed by atoms with E-state index in [0.717, 1.165) is 25.1 Å². The van der Waals surface area contributed by atoms with E-state index in [0.29, 0.717) is 6.04 Å². The molecule has 0 aliphatic rings. The van der Waals surface area contributed by atoms with Crippen LogP contribution in [0.25, 0.3) is 0 Å². The predicted octanol–water partition coefficient (Wildman–Crippen LogP) is 1.93. The maximum absolute atomic E-state index is 6.05. The second kappa shape index (κ2) is 5.33. The summed E-state index contributed by atoms with van der Waals surface area (Å²) in [5.74, 6) is 1.02. The number of nitrogens with two attached hydrogens (primary N) is 1. The molecule has 3 N–H and O–H groups in total. The monoisotopic (exact) mass is 210 g/mol. The molecule has 0 aromatic carbocycles. The van der Waals surface area contributed by atoms with Crippen LogP contribution in [-0.2, 0) is 6.42 Å². The summed E-state index contributed by atoms with van der Waals surface area (Å²) in [7, 11) is 0. The highest BCUT2D eigenvalue weighted by atomic mass is 16.3. The van der Waals surface area contributed by atoms with Crippen LogP contribution in [0, 0.1) is 0 Å². The summed E-state index contributed by atoms with van der Waals surface area (Å²) in [4.78, 5) is 0. The lowest BCUT2D eigenvalue weighted by Gasteiger charge is -2.25. The van der Waals surface area contributed by atoms with Crippen molar-refractivity contribution >= 4 is 0 Å². The van der Waals surface area contributed by atoms with Gasteiger partial charge >= 0.3 is 0 Å². The summed E-state index contributed by atoms with van der Waals surface area (Å²) in [6, 6.07) is 4.31. The summed E-state index contributed by atoms with van der Waals surface area (Å²) >= 11 is 0. The van der Waals surface area contributed by atoms with Crippen molar-refractivity contribution in [3.63, 3.8) is 0 Å². The van der Waals surface area contributed by atoms with Gasteiger partial charge in [-0.25, -0.2) is 0 Å². The van der Waals surface area contributed by atoms with E-state index in [1.54, 1.807) is 6.26 Å². The summed E-state index contributed by atoms with van der Waals surface area (Å²) in [6.45, 7) is 7.16. The number of hydrogen-bond acceptors (Lipinski definition) is 3. The average Bonchev–Trinajstić information content (AvgIpc) is 2.68. The Labute approximate surface area is 92.0 Å². The Morgan fingerprint density at radius 1 is 1.60 bits per heavy atom. The SMILES string of the molecule is CCC(C)(N)CNC(C)Cc1ccco1. The normalized spacial score (nSPS) is 17.3. The van der Waals surface area contributed by atoms with Gasteiger partial charge < -0.3 is 15.5 Å². The van der Waals surface area contributed by atoms with Gasteiger partial charge in [-0.1, -0.05) is 6.92 Å². The first-order valence-electron chi connectivity index (χ1n) is 5.58. The van der Waals surface area contributed by atoms with Crippen LogP contribution in [0.4, 0.5) is 0 Å².